The zero-order chi connectivity index (χ0) is 24.2. The molecule has 0 saturated carbocycles. The average molecular weight is 514 g/mol. The molecule has 1 heterocycles. The summed E-state index contributed by atoms with van der Waals surface area (Å²) in [6.45, 7) is 6.38. The van der Waals surface area contributed by atoms with E-state index in [1.54, 1.807) is 12.1 Å². The second kappa shape index (κ2) is 10.8. The van der Waals surface area contributed by atoms with Crippen LogP contribution in [0.15, 0.2) is 41.3 Å². The van der Waals surface area contributed by atoms with Gasteiger partial charge in [-0.15, -0.1) is 0 Å². The number of carbonyl (C=O) groups is 1. The molecule has 0 radical (unpaired) electrons. The number of nitrogens with zero attached hydrogens (tertiary/aromatic N) is 3. The number of carbonyl (C=O) groups excluding carboxylic acids is 1. The lowest BCUT2D eigenvalue weighted by Gasteiger charge is -2.24. The third kappa shape index (κ3) is 5.81. The first kappa shape index (κ1) is 25.4. The first-order chi connectivity index (χ1) is 15.7. The second-order valence-electron chi connectivity index (χ2n) is 7.21. The highest BCUT2D eigenvalue weighted by Gasteiger charge is 2.27. The van der Waals surface area contributed by atoms with E-state index < -0.39 is 27.3 Å². The molecule has 11 heteroatoms. The summed E-state index contributed by atoms with van der Waals surface area (Å²) in [6.07, 6.45) is 0. The van der Waals surface area contributed by atoms with Crippen LogP contribution in [0.25, 0.3) is 10.2 Å². The predicted molar refractivity (Wildman–Crippen MR) is 130 cm³/mol. The lowest BCUT2D eigenvalue weighted by atomic mass is 10.3. The van der Waals surface area contributed by atoms with E-state index in [1.807, 2.05) is 13.8 Å². The van der Waals surface area contributed by atoms with Crippen LogP contribution in [-0.2, 0) is 14.6 Å². The number of hydrogen-bond acceptors (Lipinski definition) is 7. The zero-order valence-electron chi connectivity index (χ0n) is 18.5. The van der Waals surface area contributed by atoms with Crippen molar-refractivity contribution >= 4 is 54.0 Å². The third-order valence-corrected chi connectivity index (χ3v) is 8.38. The van der Waals surface area contributed by atoms with E-state index in [4.69, 9.17) is 16.3 Å². The fourth-order valence-corrected chi connectivity index (χ4v) is 5.79. The van der Waals surface area contributed by atoms with Gasteiger partial charge in [0.05, 0.1) is 21.7 Å². The second-order valence-corrected chi connectivity index (χ2v) is 10.6. The van der Waals surface area contributed by atoms with Gasteiger partial charge in [0.15, 0.2) is 15.0 Å². The smallest absolute Gasteiger partial charge is 0.244 e. The van der Waals surface area contributed by atoms with Crippen molar-refractivity contribution in [2.45, 2.75) is 18.7 Å². The van der Waals surface area contributed by atoms with Crippen LogP contribution < -0.4 is 9.64 Å². The Bertz CT molecular complexity index is 1230. The Morgan fingerprint density at radius 1 is 1.12 bits per heavy atom. The maximum Gasteiger partial charge on any atom is 0.244 e. The number of fused-ring (bicyclic) bond motifs is 1. The summed E-state index contributed by atoms with van der Waals surface area (Å²) in [5, 5.41) is 0.799. The molecular formula is C22H25ClFN3O4S2. The fourth-order valence-electron chi connectivity index (χ4n) is 3.30. The van der Waals surface area contributed by atoms with Crippen LogP contribution in [-0.4, -0.2) is 63.3 Å². The van der Waals surface area contributed by atoms with E-state index in [-0.39, 0.29) is 11.4 Å². The van der Waals surface area contributed by atoms with Gasteiger partial charge in [0, 0.05) is 13.1 Å². The van der Waals surface area contributed by atoms with Gasteiger partial charge in [-0.2, -0.15) is 0 Å². The first-order valence-corrected chi connectivity index (χ1v) is 13.2. The van der Waals surface area contributed by atoms with Crippen LogP contribution in [0.5, 0.6) is 5.75 Å². The number of ether oxygens (including phenoxy) is 1. The van der Waals surface area contributed by atoms with Gasteiger partial charge >= 0.3 is 0 Å². The van der Waals surface area contributed by atoms with Gasteiger partial charge in [0.25, 0.3) is 0 Å². The van der Waals surface area contributed by atoms with E-state index in [0.717, 1.165) is 37.4 Å². The summed E-state index contributed by atoms with van der Waals surface area (Å²) in [7, 11) is -2.46. The monoisotopic (exact) mass is 513 g/mol. The van der Waals surface area contributed by atoms with Crippen molar-refractivity contribution in [2.24, 2.45) is 0 Å². The standard InChI is InChI=1S/C22H25ClFN3O4S2/c1-4-26(5-2)12-13-27(19(28)14-33(29,30)16-8-6-15(24)7-9-16)22-25-20-18(31-3)11-10-17(23)21(20)32-22/h6-11H,4-5,12-14H2,1-3H3. The molecule has 3 rings (SSSR count). The number of amides is 1. The molecule has 178 valence electrons. The Morgan fingerprint density at radius 3 is 2.39 bits per heavy atom. The van der Waals surface area contributed by atoms with Gasteiger partial charge < -0.3 is 9.64 Å². The van der Waals surface area contributed by atoms with Crippen LogP contribution in [0.1, 0.15) is 13.8 Å². The van der Waals surface area contributed by atoms with Crippen LogP contribution in [0.3, 0.4) is 0 Å². The number of rotatable bonds is 10. The molecule has 0 saturated heterocycles. The van der Waals surface area contributed by atoms with Gasteiger partial charge in [-0.25, -0.2) is 17.8 Å². The molecule has 0 bridgehead atoms. The minimum Gasteiger partial charge on any atom is -0.494 e. The number of hydrogen-bond donors (Lipinski definition) is 0. The van der Waals surface area contributed by atoms with E-state index in [9.17, 15) is 17.6 Å². The summed E-state index contributed by atoms with van der Waals surface area (Å²) >= 11 is 7.53. The Kier molecular flexibility index (Phi) is 8.28. The molecule has 0 fully saturated rings. The molecule has 1 aromatic heterocycles. The highest BCUT2D eigenvalue weighted by Crippen LogP contribution is 2.38. The molecule has 3 aromatic rings. The van der Waals surface area contributed by atoms with Crippen LogP contribution >= 0.6 is 22.9 Å². The number of methoxy groups -OCH3 is 1. The first-order valence-electron chi connectivity index (χ1n) is 10.3. The van der Waals surface area contributed by atoms with Gasteiger partial charge in [-0.1, -0.05) is 36.8 Å². The topological polar surface area (TPSA) is 79.8 Å². The van der Waals surface area contributed by atoms with Crippen molar-refractivity contribution in [3.8, 4) is 5.75 Å². The van der Waals surface area contributed by atoms with Crippen LogP contribution in [0, 0.1) is 5.82 Å². The molecule has 2 aromatic carbocycles. The van der Waals surface area contributed by atoms with Crippen molar-refractivity contribution in [1.29, 1.82) is 0 Å². The maximum atomic E-state index is 13.3. The minimum absolute atomic E-state index is 0.116. The minimum atomic E-state index is -3.98. The number of aromatic nitrogens is 1. The highest BCUT2D eigenvalue weighted by molar-refractivity contribution is 7.92. The molecule has 0 aliphatic carbocycles. The summed E-state index contributed by atoms with van der Waals surface area (Å²) in [5.41, 5.74) is 0.507. The summed E-state index contributed by atoms with van der Waals surface area (Å²) in [4.78, 5) is 21.2. The molecule has 0 atom stereocenters. The number of anilines is 1. The van der Waals surface area contributed by atoms with Gasteiger partial charge in [0.2, 0.25) is 5.91 Å². The normalized spacial score (nSPS) is 11.8. The SMILES string of the molecule is CCN(CC)CCN(C(=O)CS(=O)(=O)c1ccc(F)cc1)c1nc2c(OC)ccc(Cl)c2s1. The zero-order valence-corrected chi connectivity index (χ0v) is 20.9. The quantitative estimate of drug-likeness (QED) is 0.377. The largest absolute Gasteiger partial charge is 0.494 e. The lowest BCUT2D eigenvalue weighted by Crippen LogP contribution is -2.41. The van der Waals surface area contributed by atoms with E-state index in [0.29, 0.717) is 32.7 Å². The summed E-state index contributed by atoms with van der Waals surface area (Å²) < 4.78 is 44.9. The highest BCUT2D eigenvalue weighted by atomic mass is 35.5. The average Bonchev–Trinajstić information content (AvgIpc) is 3.23. The molecule has 0 unspecified atom stereocenters. The Hall–Kier alpha value is -2.27. The third-order valence-electron chi connectivity index (χ3n) is 5.22. The van der Waals surface area contributed by atoms with E-state index in [2.05, 4.69) is 9.88 Å². The summed E-state index contributed by atoms with van der Waals surface area (Å²) in [5.74, 6) is -1.44. The van der Waals surface area contributed by atoms with E-state index in [1.165, 1.54) is 23.3 Å². The van der Waals surface area contributed by atoms with Crippen molar-refractivity contribution in [3.05, 3.63) is 47.2 Å². The van der Waals surface area contributed by atoms with Crippen molar-refractivity contribution in [2.75, 3.05) is 43.9 Å². The Morgan fingerprint density at radius 2 is 1.79 bits per heavy atom. The molecule has 0 aliphatic rings. The van der Waals surface area contributed by atoms with Crippen molar-refractivity contribution < 1.29 is 22.3 Å². The molecule has 0 spiro atoms. The number of likely N-dealkylation sites (N-methyl/N-ethyl adjacent to an activating group) is 1. The molecule has 33 heavy (non-hydrogen) atoms. The molecule has 0 N–H and O–H groups in total. The van der Waals surface area contributed by atoms with Gasteiger partial charge in [0.1, 0.15) is 22.8 Å². The number of thiazole rings is 1. The van der Waals surface area contributed by atoms with Crippen molar-refractivity contribution in [1.82, 2.24) is 9.88 Å². The van der Waals surface area contributed by atoms with Crippen LogP contribution in [0.2, 0.25) is 5.02 Å². The van der Waals surface area contributed by atoms with Gasteiger partial charge in [-0.05, 0) is 49.5 Å². The van der Waals surface area contributed by atoms with Crippen LogP contribution in [0.4, 0.5) is 9.52 Å². The van der Waals surface area contributed by atoms with Crippen molar-refractivity contribution in [3.63, 3.8) is 0 Å². The van der Waals surface area contributed by atoms with E-state index >= 15 is 0 Å². The molecular weight excluding hydrogens is 489 g/mol. The number of sulfone groups is 1. The lowest BCUT2D eigenvalue weighted by molar-refractivity contribution is -0.116. The molecule has 7 nitrogen and oxygen atoms in total. The Balaban J connectivity index is 1.97. The number of benzene rings is 2. The number of halogens is 2. The Labute approximate surface area is 201 Å². The van der Waals surface area contributed by atoms with Gasteiger partial charge in [-0.3, -0.25) is 9.69 Å². The molecule has 1 amide bonds. The predicted octanol–water partition coefficient (Wildman–Crippen LogP) is 4.25. The fraction of sp³-hybridized carbons (Fsp3) is 0.364. The maximum absolute atomic E-state index is 13.3. The molecule has 0 aliphatic heterocycles. The summed E-state index contributed by atoms with van der Waals surface area (Å²) in [6, 6.07) is 7.79.